The number of hydrogen-bond acceptors (Lipinski definition) is 3. The minimum absolute atomic E-state index is 0.845. The lowest BCUT2D eigenvalue weighted by Crippen LogP contribution is -1.99. The van der Waals surface area contributed by atoms with Crippen molar-refractivity contribution in [3.63, 3.8) is 0 Å². The third-order valence-corrected chi connectivity index (χ3v) is 4.98. The molecule has 0 bridgehead atoms. The summed E-state index contributed by atoms with van der Waals surface area (Å²) in [7, 11) is 5.11. The van der Waals surface area contributed by atoms with Gasteiger partial charge in [0.25, 0.3) is 0 Å². The standard InChI is InChI=1S/C24H26O3/c1-6-17-15-22(18-7-11-20(25-3)12-8-18)16(2)23(24(17)27-5)19-9-13-21(26-4)14-10-19/h7-15H,6H2,1-5H3. The third kappa shape index (κ3) is 3.63. The van der Waals surface area contributed by atoms with Crippen molar-refractivity contribution in [2.24, 2.45) is 0 Å². The van der Waals surface area contributed by atoms with Gasteiger partial charge in [-0.3, -0.25) is 0 Å². The van der Waals surface area contributed by atoms with Crippen LogP contribution in [0.3, 0.4) is 0 Å². The van der Waals surface area contributed by atoms with Crippen LogP contribution in [0, 0.1) is 6.92 Å². The van der Waals surface area contributed by atoms with Gasteiger partial charge in [-0.1, -0.05) is 31.2 Å². The topological polar surface area (TPSA) is 27.7 Å². The summed E-state index contributed by atoms with van der Waals surface area (Å²) in [6.45, 7) is 4.31. The maximum Gasteiger partial charge on any atom is 0.130 e. The molecule has 3 aromatic rings. The summed E-state index contributed by atoms with van der Waals surface area (Å²) >= 11 is 0. The van der Waals surface area contributed by atoms with E-state index in [0.29, 0.717) is 0 Å². The number of rotatable bonds is 6. The van der Waals surface area contributed by atoms with Crippen LogP contribution in [0.25, 0.3) is 22.3 Å². The van der Waals surface area contributed by atoms with E-state index in [0.717, 1.165) is 34.8 Å². The summed E-state index contributed by atoms with van der Waals surface area (Å²) in [5.74, 6) is 2.64. The highest BCUT2D eigenvalue weighted by Gasteiger charge is 2.18. The lowest BCUT2D eigenvalue weighted by atomic mass is 9.88. The van der Waals surface area contributed by atoms with E-state index in [9.17, 15) is 0 Å². The molecule has 3 heteroatoms. The van der Waals surface area contributed by atoms with Crippen molar-refractivity contribution >= 4 is 0 Å². The molecule has 0 atom stereocenters. The second-order valence-corrected chi connectivity index (χ2v) is 6.43. The van der Waals surface area contributed by atoms with Gasteiger partial charge in [0.05, 0.1) is 21.3 Å². The highest BCUT2D eigenvalue weighted by molar-refractivity contribution is 5.84. The lowest BCUT2D eigenvalue weighted by Gasteiger charge is -2.20. The monoisotopic (exact) mass is 362 g/mol. The fourth-order valence-electron chi connectivity index (χ4n) is 3.49. The van der Waals surface area contributed by atoms with Crippen molar-refractivity contribution < 1.29 is 14.2 Å². The molecule has 27 heavy (non-hydrogen) atoms. The Morgan fingerprint density at radius 3 is 1.67 bits per heavy atom. The fourth-order valence-corrected chi connectivity index (χ4v) is 3.49. The van der Waals surface area contributed by atoms with Crippen LogP contribution in [-0.4, -0.2) is 21.3 Å². The van der Waals surface area contributed by atoms with E-state index in [1.807, 2.05) is 24.3 Å². The average Bonchev–Trinajstić information content (AvgIpc) is 2.73. The SMILES string of the molecule is CCc1cc(-c2ccc(OC)cc2)c(C)c(-c2ccc(OC)cc2)c1OC. The molecule has 0 saturated carbocycles. The van der Waals surface area contributed by atoms with E-state index < -0.39 is 0 Å². The molecule has 3 aromatic carbocycles. The maximum absolute atomic E-state index is 5.84. The van der Waals surface area contributed by atoms with Crippen LogP contribution in [-0.2, 0) is 6.42 Å². The normalized spacial score (nSPS) is 10.6. The predicted molar refractivity (Wildman–Crippen MR) is 111 cm³/mol. The summed E-state index contributed by atoms with van der Waals surface area (Å²) in [5, 5.41) is 0. The van der Waals surface area contributed by atoms with Crippen LogP contribution < -0.4 is 14.2 Å². The van der Waals surface area contributed by atoms with Crippen molar-refractivity contribution in [1.29, 1.82) is 0 Å². The van der Waals surface area contributed by atoms with Crippen molar-refractivity contribution in [3.05, 3.63) is 65.7 Å². The van der Waals surface area contributed by atoms with Crippen LogP contribution in [0.1, 0.15) is 18.1 Å². The number of ether oxygens (including phenoxy) is 3. The predicted octanol–water partition coefficient (Wildman–Crippen LogP) is 5.92. The van der Waals surface area contributed by atoms with E-state index >= 15 is 0 Å². The molecule has 3 nitrogen and oxygen atoms in total. The third-order valence-electron chi connectivity index (χ3n) is 4.98. The van der Waals surface area contributed by atoms with Crippen molar-refractivity contribution in [3.8, 4) is 39.5 Å². The van der Waals surface area contributed by atoms with Gasteiger partial charge in [0, 0.05) is 5.56 Å². The summed E-state index contributed by atoms with van der Waals surface area (Å²) in [5.41, 5.74) is 7.01. The van der Waals surface area contributed by atoms with Gasteiger partial charge in [0.2, 0.25) is 0 Å². The second kappa shape index (κ2) is 8.17. The largest absolute Gasteiger partial charge is 0.497 e. The Kier molecular flexibility index (Phi) is 5.70. The van der Waals surface area contributed by atoms with Gasteiger partial charge >= 0.3 is 0 Å². The molecular weight excluding hydrogens is 336 g/mol. The highest BCUT2D eigenvalue weighted by atomic mass is 16.5. The zero-order valence-corrected chi connectivity index (χ0v) is 16.6. The Bertz CT molecular complexity index is 910. The van der Waals surface area contributed by atoms with Gasteiger partial charge in [0.15, 0.2) is 0 Å². The maximum atomic E-state index is 5.84. The van der Waals surface area contributed by atoms with Crippen LogP contribution in [0.5, 0.6) is 17.2 Å². The fraction of sp³-hybridized carbons (Fsp3) is 0.250. The summed E-state index contributed by atoms with van der Waals surface area (Å²) in [6, 6.07) is 18.6. The molecule has 0 amide bonds. The van der Waals surface area contributed by atoms with Crippen LogP contribution in [0.4, 0.5) is 0 Å². The van der Waals surface area contributed by atoms with Crippen LogP contribution >= 0.6 is 0 Å². The first-order valence-corrected chi connectivity index (χ1v) is 9.12. The molecular formula is C24H26O3. The summed E-state index contributed by atoms with van der Waals surface area (Å²) in [4.78, 5) is 0. The zero-order valence-electron chi connectivity index (χ0n) is 16.6. The first-order chi connectivity index (χ1) is 13.1. The molecule has 0 N–H and O–H groups in total. The van der Waals surface area contributed by atoms with Gasteiger partial charge < -0.3 is 14.2 Å². The van der Waals surface area contributed by atoms with Crippen molar-refractivity contribution in [2.45, 2.75) is 20.3 Å². The molecule has 0 aliphatic heterocycles. The number of hydrogen-bond donors (Lipinski definition) is 0. The summed E-state index contributed by atoms with van der Waals surface area (Å²) < 4.78 is 16.4. The van der Waals surface area contributed by atoms with Crippen LogP contribution in [0.15, 0.2) is 54.6 Å². The molecule has 0 aromatic heterocycles. The van der Waals surface area contributed by atoms with E-state index in [-0.39, 0.29) is 0 Å². The zero-order chi connectivity index (χ0) is 19.4. The molecule has 3 rings (SSSR count). The molecule has 140 valence electrons. The number of benzene rings is 3. The quantitative estimate of drug-likeness (QED) is 0.545. The Balaban J connectivity index is 2.23. The van der Waals surface area contributed by atoms with E-state index in [4.69, 9.17) is 14.2 Å². The summed E-state index contributed by atoms with van der Waals surface area (Å²) in [6.07, 6.45) is 0.899. The molecule has 0 aliphatic rings. The van der Waals surface area contributed by atoms with Gasteiger partial charge in [-0.05, 0) is 71.5 Å². The minimum Gasteiger partial charge on any atom is -0.497 e. The molecule has 0 heterocycles. The first-order valence-electron chi connectivity index (χ1n) is 9.12. The average molecular weight is 362 g/mol. The van der Waals surface area contributed by atoms with Gasteiger partial charge in [-0.2, -0.15) is 0 Å². The Morgan fingerprint density at radius 1 is 0.704 bits per heavy atom. The smallest absolute Gasteiger partial charge is 0.130 e. The van der Waals surface area contributed by atoms with Crippen molar-refractivity contribution in [2.75, 3.05) is 21.3 Å². The van der Waals surface area contributed by atoms with Gasteiger partial charge in [0.1, 0.15) is 17.2 Å². The number of methoxy groups -OCH3 is 3. The molecule has 0 spiro atoms. The Morgan fingerprint density at radius 2 is 1.22 bits per heavy atom. The number of aryl methyl sites for hydroxylation is 1. The molecule has 0 radical (unpaired) electrons. The minimum atomic E-state index is 0.845. The Hall–Kier alpha value is -2.94. The van der Waals surface area contributed by atoms with E-state index in [1.165, 1.54) is 22.3 Å². The first kappa shape index (κ1) is 18.8. The van der Waals surface area contributed by atoms with E-state index in [2.05, 4.69) is 44.2 Å². The lowest BCUT2D eigenvalue weighted by molar-refractivity contribution is 0.411. The molecule has 0 fully saturated rings. The van der Waals surface area contributed by atoms with Crippen molar-refractivity contribution in [1.82, 2.24) is 0 Å². The molecule has 0 unspecified atom stereocenters. The highest BCUT2D eigenvalue weighted by Crippen LogP contribution is 2.42. The Labute approximate surface area is 161 Å². The molecule has 0 saturated heterocycles. The van der Waals surface area contributed by atoms with E-state index in [1.54, 1.807) is 21.3 Å². The molecule has 0 aliphatic carbocycles. The van der Waals surface area contributed by atoms with Gasteiger partial charge in [-0.25, -0.2) is 0 Å². The van der Waals surface area contributed by atoms with Crippen LogP contribution in [0.2, 0.25) is 0 Å². The second-order valence-electron chi connectivity index (χ2n) is 6.43. The van der Waals surface area contributed by atoms with Gasteiger partial charge in [-0.15, -0.1) is 0 Å².